The summed E-state index contributed by atoms with van der Waals surface area (Å²) in [4.78, 5) is 9.10. The maximum absolute atomic E-state index is 4.61. The minimum absolute atomic E-state index is 0.345. The Morgan fingerprint density at radius 3 is 2.42 bits per heavy atom. The van der Waals surface area contributed by atoms with Crippen LogP contribution in [0, 0.1) is 5.41 Å². The highest BCUT2D eigenvalue weighted by atomic mass is 15.1. The van der Waals surface area contributed by atoms with E-state index in [9.17, 15) is 0 Å². The van der Waals surface area contributed by atoms with Gasteiger partial charge in [-0.3, -0.25) is 0 Å². The Morgan fingerprint density at radius 2 is 1.95 bits per heavy atom. The van der Waals surface area contributed by atoms with Crippen LogP contribution in [0.5, 0.6) is 0 Å². The number of aromatic nitrogens is 2. The molecule has 2 N–H and O–H groups in total. The van der Waals surface area contributed by atoms with Crippen LogP contribution >= 0.6 is 0 Å². The van der Waals surface area contributed by atoms with Gasteiger partial charge < -0.3 is 10.6 Å². The molecule has 1 saturated carbocycles. The number of hydrogen-bond acceptors (Lipinski definition) is 4. The highest BCUT2D eigenvalue weighted by Crippen LogP contribution is 2.43. The number of rotatable bonds is 6. The third-order valence-electron chi connectivity index (χ3n) is 4.32. The molecule has 0 atom stereocenters. The average Bonchev–Trinajstić information content (AvgIpc) is 2.37. The van der Waals surface area contributed by atoms with Crippen molar-refractivity contribution in [2.45, 2.75) is 52.4 Å². The monoisotopic (exact) mass is 262 g/mol. The van der Waals surface area contributed by atoms with Gasteiger partial charge in [0.05, 0.1) is 0 Å². The van der Waals surface area contributed by atoms with Gasteiger partial charge in [0.2, 0.25) is 0 Å². The zero-order valence-corrected chi connectivity index (χ0v) is 12.6. The molecule has 19 heavy (non-hydrogen) atoms. The molecule has 0 aliphatic heterocycles. The van der Waals surface area contributed by atoms with Crippen LogP contribution in [-0.2, 0) is 0 Å². The molecule has 0 saturated heterocycles. The van der Waals surface area contributed by atoms with Crippen molar-refractivity contribution in [3.8, 4) is 0 Å². The summed E-state index contributed by atoms with van der Waals surface area (Å²) in [6.45, 7) is 7.57. The van der Waals surface area contributed by atoms with Crippen LogP contribution in [0.25, 0.3) is 0 Å². The smallest absolute Gasteiger partial charge is 0.135 e. The van der Waals surface area contributed by atoms with Gasteiger partial charge in [0.25, 0.3) is 0 Å². The molecule has 0 aromatic carbocycles. The second-order valence-electron chi connectivity index (χ2n) is 5.96. The summed E-state index contributed by atoms with van der Waals surface area (Å²) in [5.74, 6) is 3.08. The van der Waals surface area contributed by atoms with E-state index in [0.29, 0.717) is 11.3 Å². The average molecular weight is 262 g/mol. The van der Waals surface area contributed by atoms with E-state index in [1.54, 1.807) is 0 Å². The van der Waals surface area contributed by atoms with Gasteiger partial charge in [-0.2, -0.15) is 0 Å². The van der Waals surface area contributed by atoms with Gasteiger partial charge in [-0.15, -0.1) is 0 Å². The summed E-state index contributed by atoms with van der Waals surface area (Å²) in [6.07, 6.45) is 5.31. The van der Waals surface area contributed by atoms with Gasteiger partial charge >= 0.3 is 0 Å². The molecule has 0 radical (unpaired) electrons. The second kappa shape index (κ2) is 5.76. The van der Waals surface area contributed by atoms with E-state index in [1.807, 2.05) is 13.1 Å². The van der Waals surface area contributed by atoms with Gasteiger partial charge in [0, 0.05) is 25.6 Å². The summed E-state index contributed by atoms with van der Waals surface area (Å²) in [5, 5.41) is 6.63. The maximum Gasteiger partial charge on any atom is 0.135 e. The Labute approximate surface area is 116 Å². The predicted octanol–water partition coefficient (Wildman–Crippen LogP) is 3.63. The highest BCUT2D eigenvalue weighted by Gasteiger charge is 2.34. The predicted molar refractivity (Wildman–Crippen MR) is 80.7 cm³/mol. The van der Waals surface area contributed by atoms with Crippen molar-refractivity contribution in [3.63, 3.8) is 0 Å². The van der Waals surface area contributed by atoms with Crippen molar-refractivity contribution < 1.29 is 0 Å². The molecule has 1 aliphatic rings. The topological polar surface area (TPSA) is 49.8 Å². The van der Waals surface area contributed by atoms with Crippen LogP contribution in [0.3, 0.4) is 0 Å². The van der Waals surface area contributed by atoms with Crippen molar-refractivity contribution in [1.29, 1.82) is 0 Å². The molecule has 0 unspecified atom stereocenters. The number of nitrogens with one attached hydrogen (secondary N) is 2. The van der Waals surface area contributed by atoms with Crippen molar-refractivity contribution in [3.05, 3.63) is 11.9 Å². The molecule has 1 aromatic heterocycles. The van der Waals surface area contributed by atoms with Crippen LogP contribution in [0.4, 0.5) is 11.6 Å². The largest absolute Gasteiger partial charge is 0.373 e. The molecule has 1 heterocycles. The molecule has 0 spiro atoms. The summed E-state index contributed by atoms with van der Waals surface area (Å²) < 4.78 is 0. The molecular weight excluding hydrogens is 236 g/mol. The van der Waals surface area contributed by atoms with Gasteiger partial charge in [0.15, 0.2) is 0 Å². The fourth-order valence-electron chi connectivity index (χ4n) is 2.55. The van der Waals surface area contributed by atoms with E-state index in [1.165, 1.54) is 25.7 Å². The lowest BCUT2D eigenvalue weighted by Gasteiger charge is -2.41. The van der Waals surface area contributed by atoms with Crippen molar-refractivity contribution in [1.82, 2.24) is 9.97 Å². The van der Waals surface area contributed by atoms with Gasteiger partial charge in [-0.05, 0) is 24.7 Å². The maximum atomic E-state index is 4.61. The van der Waals surface area contributed by atoms with E-state index in [0.717, 1.165) is 24.0 Å². The third-order valence-corrected chi connectivity index (χ3v) is 4.32. The molecule has 0 bridgehead atoms. The van der Waals surface area contributed by atoms with Crippen molar-refractivity contribution >= 4 is 11.6 Å². The fraction of sp³-hybridized carbons (Fsp3) is 0.733. The van der Waals surface area contributed by atoms with Crippen molar-refractivity contribution in [2.75, 3.05) is 24.2 Å². The minimum Gasteiger partial charge on any atom is -0.373 e. The lowest BCUT2D eigenvalue weighted by molar-refractivity contribution is 0.145. The standard InChI is InChI=1S/C15H26N4/c1-5-15(7-6-8-15)10-17-13-9-12(16-4)18-14(19-13)11(2)3/h9,11H,5-8,10H2,1-4H3,(H2,16,17,18,19). The Kier molecular flexibility index (Phi) is 4.27. The minimum atomic E-state index is 0.345. The quantitative estimate of drug-likeness (QED) is 0.822. The first-order valence-corrected chi connectivity index (χ1v) is 7.39. The summed E-state index contributed by atoms with van der Waals surface area (Å²) in [6, 6.07) is 1.99. The first kappa shape index (κ1) is 14.1. The lowest BCUT2D eigenvalue weighted by atomic mass is 9.67. The number of hydrogen-bond donors (Lipinski definition) is 2. The first-order valence-electron chi connectivity index (χ1n) is 7.39. The van der Waals surface area contributed by atoms with Gasteiger partial charge in [-0.1, -0.05) is 27.2 Å². The molecule has 4 heteroatoms. The van der Waals surface area contributed by atoms with E-state index < -0.39 is 0 Å². The molecule has 1 aromatic rings. The van der Waals surface area contributed by atoms with E-state index >= 15 is 0 Å². The number of nitrogens with zero attached hydrogens (tertiary/aromatic N) is 2. The molecule has 1 aliphatic carbocycles. The van der Waals surface area contributed by atoms with E-state index in [-0.39, 0.29) is 0 Å². The Hall–Kier alpha value is -1.32. The van der Waals surface area contributed by atoms with E-state index in [4.69, 9.17) is 0 Å². The van der Waals surface area contributed by atoms with Crippen LogP contribution in [0.2, 0.25) is 0 Å². The molecule has 1 fully saturated rings. The zero-order chi connectivity index (χ0) is 13.9. The third kappa shape index (κ3) is 3.17. The summed E-state index contributed by atoms with van der Waals surface area (Å²) in [7, 11) is 1.90. The fourth-order valence-corrected chi connectivity index (χ4v) is 2.55. The first-order chi connectivity index (χ1) is 9.08. The van der Waals surface area contributed by atoms with Crippen LogP contribution < -0.4 is 10.6 Å². The second-order valence-corrected chi connectivity index (χ2v) is 5.96. The van der Waals surface area contributed by atoms with Crippen LogP contribution in [0.1, 0.15) is 58.2 Å². The molecule has 4 nitrogen and oxygen atoms in total. The molecule has 0 amide bonds. The Morgan fingerprint density at radius 1 is 1.26 bits per heavy atom. The molecule has 2 rings (SSSR count). The van der Waals surface area contributed by atoms with Gasteiger partial charge in [0.1, 0.15) is 17.5 Å². The zero-order valence-electron chi connectivity index (χ0n) is 12.6. The summed E-state index contributed by atoms with van der Waals surface area (Å²) in [5.41, 5.74) is 0.503. The highest BCUT2D eigenvalue weighted by molar-refractivity contribution is 5.47. The van der Waals surface area contributed by atoms with Crippen LogP contribution in [0.15, 0.2) is 6.07 Å². The van der Waals surface area contributed by atoms with Crippen LogP contribution in [-0.4, -0.2) is 23.6 Å². The molecular formula is C15H26N4. The Balaban J connectivity index is 2.08. The summed E-state index contributed by atoms with van der Waals surface area (Å²) >= 11 is 0. The lowest BCUT2D eigenvalue weighted by Crippen LogP contribution is -2.36. The number of anilines is 2. The SMILES string of the molecule is CCC1(CNc2cc(NC)nc(C(C)C)n2)CCC1. The van der Waals surface area contributed by atoms with E-state index in [2.05, 4.69) is 41.4 Å². The molecule has 106 valence electrons. The van der Waals surface area contributed by atoms with Gasteiger partial charge in [-0.25, -0.2) is 9.97 Å². The van der Waals surface area contributed by atoms with Crippen molar-refractivity contribution in [2.24, 2.45) is 5.41 Å². The Bertz CT molecular complexity index is 419. The normalized spacial score (nSPS) is 17.1.